The second kappa shape index (κ2) is 11.3. The summed E-state index contributed by atoms with van der Waals surface area (Å²) in [6.07, 6.45) is 0. The van der Waals surface area contributed by atoms with E-state index in [2.05, 4.69) is 40.6 Å². The molecular formula is C28H29Cl2N3O2. The monoisotopic (exact) mass is 509 g/mol. The molecule has 0 aliphatic carbocycles. The molecule has 3 atom stereocenters. The highest BCUT2D eigenvalue weighted by Crippen LogP contribution is 2.41. The predicted molar refractivity (Wildman–Crippen MR) is 143 cm³/mol. The number of anilines is 1. The molecule has 3 aromatic rings. The normalized spacial score (nSPS) is 19.3. The van der Waals surface area contributed by atoms with Crippen molar-refractivity contribution in [3.63, 3.8) is 0 Å². The summed E-state index contributed by atoms with van der Waals surface area (Å²) in [5.41, 5.74) is 3.96. The summed E-state index contributed by atoms with van der Waals surface area (Å²) in [5.74, 6) is 0.638. The highest BCUT2D eigenvalue weighted by Gasteiger charge is 2.36. The molecule has 182 valence electrons. The summed E-state index contributed by atoms with van der Waals surface area (Å²) in [6.45, 7) is 13.5. The Hall–Kier alpha value is -2.75. The fraction of sp³-hybridized carbons (Fsp3) is 0.321. The molecule has 1 aliphatic rings. The van der Waals surface area contributed by atoms with Crippen LogP contribution in [0.4, 0.5) is 11.4 Å². The molecule has 0 bridgehead atoms. The van der Waals surface area contributed by atoms with E-state index in [0.29, 0.717) is 21.5 Å². The lowest BCUT2D eigenvalue weighted by molar-refractivity contribution is 0.148. The number of aliphatic hydroxyl groups is 1. The Balaban J connectivity index is 1.67. The largest absolute Gasteiger partial charge is 0.491 e. The van der Waals surface area contributed by atoms with Crippen molar-refractivity contribution in [1.82, 2.24) is 4.90 Å². The van der Waals surface area contributed by atoms with Gasteiger partial charge in [0, 0.05) is 36.3 Å². The highest BCUT2D eigenvalue weighted by atomic mass is 35.5. The van der Waals surface area contributed by atoms with Crippen LogP contribution < -0.4 is 9.64 Å². The Kier molecular flexibility index (Phi) is 8.20. The van der Waals surface area contributed by atoms with Crippen LogP contribution in [0.2, 0.25) is 10.0 Å². The zero-order valence-corrected chi connectivity index (χ0v) is 21.4. The summed E-state index contributed by atoms with van der Waals surface area (Å²) < 4.78 is 5.55. The standard InChI is InChI=1S/C28H29Cl2N3O2/c1-19-17-32(20(2)21-6-10-24(31-3)11-7-21)18-28(22-4-8-23(29)9-5-22)33(19)27-13-12-25(16-26(27)30)35-15-14-34/h4-13,16,19-20,28,34H,14-15,17-18H2,1-2H3/t19-,20-,28+/m1/s1. The average Bonchev–Trinajstić information content (AvgIpc) is 2.87. The maximum Gasteiger partial charge on any atom is 0.187 e. The minimum absolute atomic E-state index is 0.0458. The van der Waals surface area contributed by atoms with Gasteiger partial charge >= 0.3 is 0 Å². The van der Waals surface area contributed by atoms with E-state index in [1.165, 1.54) is 5.56 Å². The number of benzene rings is 3. The number of ether oxygens (including phenoxy) is 1. The maximum absolute atomic E-state index is 9.06. The topological polar surface area (TPSA) is 40.3 Å². The van der Waals surface area contributed by atoms with E-state index >= 15 is 0 Å². The molecule has 0 radical (unpaired) electrons. The van der Waals surface area contributed by atoms with Crippen molar-refractivity contribution < 1.29 is 9.84 Å². The first-order valence-corrected chi connectivity index (χ1v) is 12.5. The van der Waals surface area contributed by atoms with Crippen LogP contribution in [-0.4, -0.2) is 42.4 Å². The van der Waals surface area contributed by atoms with Gasteiger partial charge in [0.25, 0.3) is 0 Å². The zero-order chi connectivity index (χ0) is 24.9. The zero-order valence-electron chi connectivity index (χ0n) is 19.9. The van der Waals surface area contributed by atoms with Crippen LogP contribution in [0.25, 0.3) is 4.85 Å². The molecule has 1 N–H and O–H groups in total. The fourth-order valence-electron chi connectivity index (χ4n) is 4.78. The Labute approximate surface area is 217 Å². The molecule has 0 aromatic heterocycles. The molecule has 35 heavy (non-hydrogen) atoms. The van der Waals surface area contributed by atoms with Crippen molar-refractivity contribution in [3.8, 4) is 5.75 Å². The third kappa shape index (κ3) is 5.74. The molecule has 1 fully saturated rings. The van der Waals surface area contributed by atoms with Crippen LogP contribution in [0.15, 0.2) is 66.7 Å². The van der Waals surface area contributed by atoms with Gasteiger partial charge in [-0.05, 0) is 49.2 Å². The van der Waals surface area contributed by atoms with Gasteiger partial charge in [0.1, 0.15) is 12.4 Å². The molecule has 7 heteroatoms. The second-order valence-electron chi connectivity index (χ2n) is 8.84. The molecule has 1 heterocycles. The fourth-order valence-corrected chi connectivity index (χ4v) is 5.17. The van der Waals surface area contributed by atoms with Gasteiger partial charge in [-0.15, -0.1) is 0 Å². The highest BCUT2D eigenvalue weighted by molar-refractivity contribution is 6.33. The lowest BCUT2D eigenvalue weighted by Crippen LogP contribution is -2.54. The van der Waals surface area contributed by atoms with Gasteiger partial charge in [-0.1, -0.05) is 59.6 Å². The molecule has 3 aromatic carbocycles. The summed E-state index contributed by atoms with van der Waals surface area (Å²) in [6, 6.07) is 22.0. The average molecular weight is 510 g/mol. The predicted octanol–water partition coefficient (Wildman–Crippen LogP) is 6.93. The van der Waals surface area contributed by atoms with Gasteiger partial charge < -0.3 is 14.7 Å². The first-order valence-electron chi connectivity index (χ1n) is 11.7. The SMILES string of the molecule is [C-]#[N+]c1ccc([C@@H](C)N2C[C@@H](C)N(c3ccc(OCCO)cc3Cl)[C@H](c3ccc(Cl)cc3)C2)cc1. The molecule has 0 saturated carbocycles. The lowest BCUT2D eigenvalue weighted by Gasteiger charge is -2.49. The van der Waals surface area contributed by atoms with Gasteiger partial charge in [0.15, 0.2) is 5.69 Å². The molecule has 0 unspecified atom stereocenters. The van der Waals surface area contributed by atoms with Gasteiger partial charge in [0.2, 0.25) is 0 Å². The minimum atomic E-state index is -0.0458. The van der Waals surface area contributed by atoms with Crippen LogP contribution in [-0.2, 0) is 0 Å². The number of hydrogen-bond acceptors (Lipinski definition) is 4. The Morgan fingerprint density at radius 1 is 1.06 bits per heavy atom. The molecular weight excluding hydrogens is 481 g/mol. The first-order chi connectivity index (χ1) is 16.9. The summed E-state index contributed by atoms with van der Waals surface area (Å²) in [4.78, 5) is 8.38. The van der Waals surface area contributed by atoms with E-state index < -0.39 is 0 Å². The van der Waals surface area contributed by atoms with Crippen LogP contribution in [0.5, 0.6) is 5.75 Å². The van der Waals surface area contributed by atoms with Crippen molar-refractivity contribution in [2.24, 2.45) is 0 Å². The van der Waals surface area contributed by atoms with Crippen molar-refractivity contribution >= 4 is 34.6 Å². The smallest absolute Gasteiger partial charge is 0.187 e. The number of rotatable bonds is 7. The van der Waals surface area contributed by atoms with Crippen molar-refractivity contribution in [2.45, 2.75) is 32.0 Å². The molecule has 5 nitrogen and oxygen atoms in total. The van der Waals surface area contributed by atoms with Crippen molar-refractivity contribution in [1.29, 1.82) is 0 Å². The van der Waals surface area contributed by atoms with E-state index in [1.807, 2.05) is 54.6 Å². The van der Waals surface area contributed by atoms with Gasteiger partial charge in [-0.3, -0.25) is 4.90 Å². The van der Waals surface area contributed by atoms with Crippen molar-refractivity contribution in [2.75, 3.05) is 31.2 Å². The third-order valence-corrected chi connectivity index (χ3v) is 7.14. The van der Waals surface area contributed by atoms with E-state index in [0.717, 1.165) is 24.3 Å². The Bertz CT molecular complexity index is 1180. The number of piperazine rings is 1. The summed E-state index contributed by atoms with van der Waals surface area (Å²) in [5, 5.41) is 10.4. The Morgan fingerprint density at radius 2 is 1.77 bits per heavy atom. The molecule has 1 saturated heterocycles. The minimum Gasteiger partial charge on any atom is -0.491 e. The van der Waals surface area contributed by atoms with E-state index in [-0.39, 0.29) is 31.3 Å². The second-order valence-corrected chi connectivity index (χ2v) is 9.69. The lowest BCUT2D eigenvalue weighted by atomic mass is 9.95. The van der Waals surface area contributed by atoms with Crippen LogP contribution in [0, 0.1) is 6.57 Å². The number of hydrogen-bond donors (Lipinski definition) is 1. The third-order valence-electron chi connectivity index (χ3n) is 6.58. The van der Waals surface area contributed by atoms with Crippen LogP contribution in [0.3, 0.4) is 0 Å². The summed E-state index contributed by atoms with van der Waals surface area (Å²) in [7, 11) is 0. The van der Waals surface area contributed by atoms with Crippen LogP contribution >= 0.6 is 23.2 Å². The quantitative estimate of drug-likeness (QED) is 0.350. The van der Waals surface area contributed by atoms with E-state index in [1.54, 1.807) is 0 Å². The number of halogens is 2. The Morgan fingerprint density at radius 3 is 2.40 bits per heavy atom. The van der Waals surface area contributed by atoms with Gasteiger partial charge in [-0.25, -0.2) is 4.85 Å². The molecule has 4 rings (SSSR count). The van der Waals surface area contributed by atoms with E-state index in [9.17, 15) is 0 Å². The van der Waals surface area contributed by atoms with E-state index in [4.69, 9.17) is 39.6 Å². The molecule has 1 aliphatic heterocycles. The number of aliphatic hydroxyl groups excluding tert-OH is 1. The first kappa shape index (κ1) is 25.3. The van der Waals surface area contributed by atoms with Gasteiger partial charge in [-0.2, -0.15) is 0 Å². The summed E-state index contributed by atoms with van der Waals surface area (Å²) >= 11 is 13.0. The van der Waals surface area contributed by atoms with Crippen LogP contribution in [0.1, 0.15) is 37.1 Å². The van der Waals surface area contributed by atoms with Gasteiger partial charge in [0.05, 0.1) is 29.9 Å². The maximum atomic E-state index is 9.06. The molecule has 0 spiro atoms. The molecule has 0 amide bonds. The van der Waals surface area contributed by atoms with Crippen molar-refractivity contribution in [3.05, 3.63) is 99.3 Å². The number of nitrogens with zero attached hydrogens (tertiary/aromatic N) is 3.